The summed E-state index contributed by atoms with van der Waals surface area (Å²) in [4.78, 5) is 13.0. The highest BCUT2D eigenvalue weighted by Gasteiger charge is 2.03. The average Bonchev–Trinajstić information content (AvgIpc) is 2.72. The zero-order valence-corrected chi connectivity index (χ0v) is 16.2. The van der Waals surface area contributed by atoms with Crippen LogP contribution in [0.3, 0.4) is 0 Å². The smallest absolute Gasteiger partial charge is 0.185 e. The van der Waals surface area contributed by atoms with Gasteiger partial charge in [-0.2, -0.15) is 15.8 Å². The minimum absolute atomic E-state index is 0.0448. The third kappa shape index (κ3) is 6.02. The van der Waals surface area contributed by atoms with Crippen molar-refractivity contribution in [1.29, 1.82) is 15.8 Å². The minimum Gasteiger partial charge on any atom is -0.354 e. The summed E-state index contributed by atoms with van der Waals surface area (Å²) in [6.45, 7) is 2.40. The van der Waals surface area contributed by atoms with E-state index in [2.05, 4.69) is 6.07 Å². The molecule has 1 heterocycles. The lowest BCUT2D eigenvalue weighted by molar-refractivity contribution is -0.109. The summed E-state index contributed by atoms with van der Waals surface area (Å²) in [5.41, 5.74) is 1.44. The zero-order valence-electron chi connectivity index (χ0n) is 15.4. The van der Waals surface area contributed by atoms with Gasteiger partial charge in [-0.25, -0.2) is 0 Å². The summed E-state index contributed by atoms with van der Waals surface area (Å²) >= 11 is 1.33. The van der Waals surface area contributed by atoms with Crippen molar-refractivity contribution in [3.63, 3.8) is 0 Å². The summed E-state index contributed by atoms with van der Waals surface area (Å²) in [6, 6.07) is 12.7. The van der Waals surface area contributed by atoms with Gasteiger partial charge >= 0.3 is 0 Å². The van der Waals surface area contributed by atoms with Crippen LogP contribution in [0.2, 0.25) is 0 Å². The molecule has 6 heteroatoms. The Morgan fingerprint density at radius 3 is 2.18 bits per heavy atom. The van der Waals surface area contributed by atoms with Gasteiger partial charge in [0.2, 0.25) is 0 Å². The van der Waals surface area contributed by atoms with Crippen molar-refractivity contribution in [3.8, 4) is 18.2 Å². The van der Waals surface area contributed by atoms with E-state index in [1.165, 1.54) is 11.8 Å². The lowest BCUT2D eigenvalue weighted by atomic mass is 10.1. The molecule has 138 valence electrons. The lowest BCUT2D eigenvalue weighted by Crippen LogP contribution is -2.14. The number of hydrogen-bond donors (Lipinski definition) is 0. The fraction of sp³-hybridized carbons (Fsp3) is 0.182. The van der Waals surface area contributed by atoms with Crippen molar-refractivity contribution in [2.24, 2.45) is 0 Å². The van der Waals surface area contributed by atoms with E-state index in [1.54, 1.807) is 37.3 Å². The fourth-order valence-electron chi connectivity index (χ4n) is 2.49. The lowest BCUT2D eigenvalue weighted by Gasteiger charge is -2.18. The number of benzene rings is 1. The molecule has 5 nitrogen and oxygen atoms in total. The van der Waals surface area contributed by atoms with Crippen LogP contribution in [0.15, 0.2) is 60.5 Å². The molecule has 0 aliphatic carbocycles. The predicted molar refractivity (Wildman–Crippen MR) is 110 cm³/mol. The van der Waals surface area contributed by atoms with Crippen molar-refractivity contribution in [2.75, 3.05) is 12.3 Å². The highest BCUT2D eigenvalue weighted by atomic mass is 32.2. The fourth-order valence-corrected chi connectivity index (χ4v) is 3.06. The number of carbonyl (C=O) groups excluding carboxylic acids is 1. The molecule has 0 aromatic heterocycles. The first kappa shape index (κ1) is 20.8. The maximum absolute atomic E-state index is 10.9. The van der Waals surface area contributed by atoms with Gasteiger partial charge in [-0.3, -0.25) is 4.79 Å². The summed E-state index contributed by atoms with van der Waals surface area (Å²) < 4.78 is 0. The minimum atomic E-state index is 0.0448. The van der Waals surface area contributed by atoms with E-state index >= 15 is 0 Å². The van der Waals surface area contributed by atoms with Crippen LogP contribution in [0.4, 0.5) is 0 Å². The van der Waals surface area contributed by atoms with Gasteiger partial charge in [0.25, 0.3) is 0 Å². The molecule has 0 bridgehead atoms. The molecule has 28 heavy (non-hydrogen) atoms. The summed E-state index contributed by atoms with van der Waals surface area (Å²) in [7, 11) is 0. The van der Waals surface area contributed by atoms with Gasteiger partial charge in [0.1, 0.15) is 17.7 Å². The Labute approximate surface area is 168 Å². The molecule has 0 saturated carbocycles. The van der Waals surface area contributed by atoms with E-state index in [4.69, 9.17) is 10.5 Å². The molecule has 0 spiro atoms. The molecule has 0 N–H and O–H groups in total. The van der Waals surface area contributed by atoms with E-state index < -0.39 is 0 Å². The van der Waals surface area contributed by atoms with Crippen LogP contribution in [0.1, 0.15) is 13.3 Å². The predicted octanol–water partition coefficient (Wildman–Crippen LogP) is 2.50. The molecule has 0 amide bonds. The van der Waals surface area contributed by atoms with Gasteiger partial charge in [-0.15, -0.1) is 0 Å². The van der Waals surface area contributed by atoms with E-state index in [0.717, 1.165) is 29.5 Å². The second kappa shape index (κ2) is 10.6. The van der Waals surface area contributed by atoms with Crippen LogP contribution < -0.4 is 10.4 Å². The van der Waals surface area contributed by atoms with Gasteiger partial charge in [0.15, 0.2) is 5.12 Å². The Bertz CT molecular complexity index is 1040. The standard InChI is InChI=1S/C22H18N4OS/c1-17(27)28-12-2-9-26-10-7-18(8-11-26)13-21(14-23)19-3-5-20(6-4-19)22(15-24)16-25/h3-8,10-11,13H,2,9,12H2,1H3. The first-order valence-electron chi connectivity index (χ1n) is 8.59. The zero-order chi connectivity index (χ0) is 20.4. The van der Waals surface area contributed by atoms with E-state index in [0.29, 0.717) is 10.8 Å². The molecular formula is C22H18N4OS. The molecule has 0 unspecified atom stereocenters. The summed E-state index contributed by atoms with van der Waals surface area (Å²) in [6.07, 6.45) is 10.5. The van der Waals surface area contributed by atoms with Gasteiger partial charge in [0.05, 0.1) is 11.6 Å². The summed E-state index contributed by atoms with van der Waals surface area (Å²) in [5.74, 6) is 0.801. The first-order valence-corrected chi connectivity index (χ1v) is 9.58. The highest BCUT2D eigenvalue weighted by Crippen LogP contribution is 2.13. The largest absolute Gasteiger partial charge is 0.354 e. The van der Waals surface area contributed by atoms with Crippen molar-refractivity contribution >= 4 is 28.0 Å². The van der Waals surface area contributed by atoms with Crippen molar-refractivity contribution < 1.29 is 4.79 Å². The van der Waals surface area contributed by atoms with Crippen LogP contribution in [-0.4, -0.2) is 22.3 Å². The van der Waals surface area contributed by atoms with Crippen LogP contribution in [0.5, 0.6) is 0 Å². The van der Waals surface area contributed by atoms with Crippen molar-refractivity contribution in [1.82, 2.24) is 4.90 Å². The highest BCUT2D eigenvalue weighted by molar-refractivity contribution is 8.13. The van der Waals surface area contributed by atoms with E-state index in [9.17, 15) is 10.1 Å². The monoisotopic (exact) mass is 386 g/mol. The van der Waals surface area contributed by atoms with Gasteiger partial charge in [-0.05, 0) is 35.4 Å². The Hall–Kier alpha value is -3.53. The molecule has 1 aliphatic heterocycles. The molecule has 0 saturated heterocycles. The summed E-state index contributed by atoms with van der Waals surface area (Å²) in [5, 5.41) is 28.7. The Kier molecular flexibility index (Phi) is 7.85. The second-order valence-corrected chi connectivity index (χ2v) is 7.18. The molecule has 0 radical (unpaired) electrons. The number of thioether (sulfide) groups is 1. The van der Waals surface area contributed by atoms with Crippen LogP contribution >= 0.6 is 11.8 Å². The van der Waals surface area contributed by atoms with Gasteiger partial charge < -0.3 is 4.90 Å². The number of nitriles is 3. The normalized spacial score (nSPS) is 11.9. The molecule has 1 aromatic rings. The van der Waals surface area contributed by atoms with Gasteiger partial charge in [0, 0.05) is 36.8 Å². The second-order valence-electron chi connectivity index (χ2n) is 5.91. The quantitative estimate of drug-likeness (QED) is 0.722. The van der Waals surface area contributed by atoms with Crippen molar-refractivity contribution in [2.45, 2.75) is 13.3 Å². The number of hydrogen-bond acceptors (Lipinski definition) is 6. The Balaban J connectivity index is 2.14. The van der Waals surface area contributed by atoms with Crippen molar-refractivity contribution in [3.05, 3.63) is 70.9 Å². The maximum Gasteiger partial charge on any atom is 0.185 e. The molecule has 1 aliphatic rings. The maximum atomic E-state index is 10.9. The third-order valence-electron chi connectivity index (χ3n) is 3.92. The number of carbonyl (C=O) groups is 1. The van der Waals surface area contributed by atoms with Gasteiger partial charge in [-0.1, -0.05) is 36.0 Å². The number of rotatable bonds is 5. The molecule has 0 fully saturated rings. The van der Waals surface area contributed by atoms with Crippen LogP contribution in [0, 0.1) is 34.0 Å². The molecular weight excluding hydrogens is 368 g/mol. The SMILES string of the molecule is CC(=O)SCCCN1C=CC(=CC(C#N)=c2ccc(=C(C#N)C#N)cc2)C=C1. The Morgan fingerprint density at radius 1 is 1.04 bits per heavy atom. The third-order valence-corrected chi connectivity index (χ3v) is 4.82. The Morgan fingerprint density at radius 2 is 1.64 bits per heavy atom. The molecule has 0 atom stereocenters. The first-order chi connectivity index (χ1) is 13.6. The van der Waals surface area contributed by atoms with E-state index in [1.807, 2.05) is 41.6 Å². The number of nitrogens with zero attached hydrogens (tertiary/aromatic N) is 4. The van der Waals surface area contributed by atoms with Crippen LogP contribution in [-0.2, 0) is 4.79 Å². The average molecular weight is 386 g/mol. The topological polar surface area (TPSA) is 91.7 Å². The molecule has 2 rings (SSSR count). The number of allylic oxidation sites excluding steroid dienone is 4. The molecule has 1 aromatic carbocycles. The van der Waals surface area contributed by atoms with E-state index in [-0.39, 0.29) is 10.7 Å². The van der Waals surface area contributed by atoms with Crippen LogP contribution in [0.25, 0.3) is 11.1 Å².